The van der Waals surface area contributed by atoms with Gasteiger partial charge in [0, 0.05) is 5.56 Å². The van der Waals surface area contributed by atoms with Gasteiger partial charge in [-0.2, -0.15) is 0 Å². The number of hydrogen-bond acceptors (Lipinski definition) is 4. The van der Waals surface area contributed by atoms with E-state index >= 15 is 0 Å². The number of hydrogen-bond donors (Lipinski definition) is 1. The first-order valence-electron chi connectivity index (χ1n) is 4.59. The Kier molecular flexibility index (Phi) is 3.60. The van der Waals surface area contributed by atoms with Crippen molar-refractivity contribution in [1.82, 2.24) is 0 Å². The summed E-state index contributed by atoms with van der Waals surface area (Å²) in [5, 5.41) is 9.02. The van der Waals surface area contributed by atoms with Gasteiger partial charge in [0.1, 0.15) is 0 Å². The number of aromatic carboxylic acids is 1. The van der Waals surface area contributed by atoms with Gasteiger partial charge in [-0.05, 0) is 13.0 Å². The van der Waals surface area contributed by atoms with Crippen LogP contribution in [0.2, 0.25) is 0 Å². The maximum Gasteiger partial charge on any atom is 0.336 e. The molecule has 0 bridgehead atoms. The molecule has 5 nitrogen and oxygen atoms in total. The van der Waals surface area contributed by atoms with Gasteiger partial charge >= 0.3 is 5.97 Å². The first kappa shape index (κ1) is 12.2. The van der Waals surface area contributed by atoms with Crippen molar-refractivity contribution in [1.29, 1.82) is 0 Å². The lowest BCUT2D eigenvalue weighted by Crippen LogP contribution is -2.05. The van der Waals surface area contributed by atoms with Crippen LogP contribution in [0.15, 0.2) is 6.07 Å². The first-order valence-corrected chi connectivity index (χ1v) is 4.59. The Morgan fingerprint density at radius 2 is 1.69 bits per heavy atom. The molecule has 1 aromatic rings. The molecular weight excluding hydrogens is 212 g/mol. The highest BCUT2D eigenvalue weighted by Gasteiger charge is 2.20. The lowest BCUT2D eigenvalue weighted by molar-refractivity contribution is 0.0695. The fourth-order valence-electron chi connectivity index (χ4n) is 1.52. The van der Waals surface area contributed by atoms with Crippen molar-refractivity contribution in [2.45, 2.75) is 6.92 Å². The van der Waals surface area contributed by atoms with E-state index in [0.29, 0.717) is 22.8 Å². The molecule has 0 saturated carbocycles. The molecule has 0 fully saturated rings. The highest BCUT2D eigenvalue weighted by molar-refractivity contribution is 5.91. The van der Waals surface area contributed by atoms with Crippen molar-refractivity contribution in [3.63, 3.8) is 0 Å². The van der Waals surface area contributed by atoms with E-state index in [-0.39, 0.29) is 5.56 Å². The molecule has 0 aliphatic heterocycles. The number of methoxy groups -OCH3 is 3. The molecule has 0 aliphatic rings. The van der Waals surface area contributed by atoms with Gasteiger partial charge in [0.2, 0.25) is 5.75 Å². The minimum atomic E-state index is -1.03. The van der Waals surface area contributed by atoms with E-state index in [2.05, 4.69) is 0 Å². The fraction of sp³-hybridized carbons (Fsp3) is 0.364. The van der Waals surface area contributed by atoms with Crippen molar-refractivity contribution < 1.29 is 24.1 Å². The highest BCUT2D eigenvalue weighted by Crippen LogP contribution is 2.41. The van der Waals surface area contributed by atoms with E-state index in [1.54, 1.807) is 6.92 Å². The molecule has 0 radical (unpaired) electrons. The molecule has 0 saturated heterocycles. The summed E-state index contributed by atoms with van der Waals surface area (Å²) in [6.07, 6.45) is 0. The predicted octanol–water partition coefficient (Wildman–Crippen LogP) is 1.72. The van der Waals surface area contributed by atoms with Crippen LogP contribution in [-0.4, -0.2) is 32.4 Å². The van der Waals surface area contributed by atoms with Crippen LogP contribution >= 0.6 is 0 Å². The third kappa shape index (κ3) is 1.88. The third-order valence-electron chi connectivity index (χ3n) is 2.31. The summed E-state index contributed by atoms with van der Waals surface area (Å²) in [6, 6.07) is 1.42. The zero-order chi connectivity index (χ0) is 12.3. The van der Waals surface area contributed by atoms with Crippen LogP contribution in [-0.2, 0) is 0 Å². The monoisotopic (exact) mass is 226 g/mol. The zero-order valence-corrected chi connectivity index (χ0v) is 9.66. The van der Waals surface area contributed by atoms with Gasteiger partial charge in [-0.1, -0.05) is 0 Å². The second kappa shape index (κ2) is 4.74. The summed E-state index contributed by atoms with van der Waals surface area (Å²) in [5.74, 6) is 0.0749. The van der Waals surface area contributed by atoms with Gasteiger partial charge in [-0.3, -0.25) is 0 Å². The molecule has 1 aromatic carbocycles. The number of carboxylic acid groups (broad SMARTS) is 1. The largest absolute Gasteiger partial charge is 0.493 e. The Morgan fingerprint density at radius 3 is 2.06 bits per heavy atom. The highest BCUT2D eigenvalue weighted by atomic mass is 16.5. The molecule has 0 heterocycles. The maximum atomic E-state index is 11.0. The Balaban J connectivity index is 3.54. The normalized spacial score (nSPS) is 9.75. The van der Waals surface area contributed by atoms with E-state index in [1.165, 1.54) is 27.4 Å². The van der Waals surface area contributed by atoms with Crippen molar-refractivity contribution in [3.05, 3.63) is 17.2 Å². The number of carbonyl (C=O) groups is 1. The van der Waals surface area contributed by atoms with Crippen LogP contribution in [0.25, 0.3) is 0 Å². The predicted molar refractivity (Wildman–Crippen MR) is 57.8 cm³/mol. The van der Waals surface area contributed by atoms with Gasteiger partial charge in [0.25, 0.3) is 0 Å². The van der Waals surface area contributed by atoms with E-state index in [4.69, 9.17) is 19.3 Å². The molecule has 5 heteroatoms. The van der Waals surface area contributed by atoms with Crippen LogP contribution in [0, 0.1) is 6.92 Å². The fourth-order valence-corrected chi connectivity index (χ4v) is 1.52. The van der Waals surface area contributed by atoms with Gasteiger partial charge in [-0.25, -0.2) is 4.79 Å². The summed E-state index contributed by atoms with van der Waals surface area (Å²) in [6.45, 7) is 1.66. The Hall–Kier alpha value is -1.91. The molecule has 88 valence electrons. The van der Waals surface area contributed by atoms with Crippen LogP contribution in [0.5, 0.6) is 17.2 Å². The molecule has 0 aliphatic carbocycles. The number of rotatable bonds is 4. The lowest BCUT2D eigenvalue weighted by atomic mass is 10.1. The van der Waals surface area contributed by atoms with Crippen molar-refractivity contribution in [2.75, 3.05) is 21.3 Å². The van der Waals surface area contributed by atoms with Gasteiger partial charge < -0.3 is 19.3 Å². The maximum absolute atomic E-state index is 11.0. The van der Waals surface area contributed by atoms with Crippen molar-refractivity contribution in [3.8, 4) is 17.2 Å². The van der Waals surface area contributed by atoms with Crippen LogP contribution in [0.1, 0.15) is 15.9 Å². The van der Waals surface area contributed by atoms with Crippen LogP contribution in [0.4, 0.5) is 0 Å². The molecular formula is C11H14O5. The third-order valence-corrected chi connectivity index (χ3v) is 2.31. The molecule has 0 atom stereocenters. The molecule has 1 N–H and O–H groups in total. The quantitative estimate of drug-likeness (QED) is 0.846. The van der Waals surface area contributed by atoms with Crippen LogP contribution < -0.4 is 14.2 Å². The topological polar surface area (TPSA) is 65.0 Å². The minimum Gasteiger partial charge on any atom is -0.493 e. The number of benzene rings is 1. The summed E-state index contributed by atoms with van der Waals surface area (Å²) in [5.41, 5.74) is 0.641. The van der Waals surface area contributed by atoms with E-state index in [1.807, 2.05) is 0 Å². The summed E-state index contributed by atoms with van der Waals surface area (Å²) in [7, 11) is 4.37. The molecule has 0 aromatic heterocycles. The minimum absolute atomic E-state index is 0.134. The van der Waals surface area contributed by atoms with E-state index in [9.17, 15) is 4.79 Å². The first-order chi connectivity index (χ1) is 7.56. The Labute approximate surface area is 93.6 Å². The smallest absolute Gasteiger partial charge is 0.336 e. The van der Waals surface area contributed by atoms with E-state index < -0.39 is 5.97 Å². The summed E-state index contributed by atoms with van der Waals surface area (Å²) >= 11 is 0. The average Bonchev–Trinajstić information content (AvgIpc) is 2.27. The van der Waals surface area contributed by atoms with Gasteiger partial charge in [0.15, 0.2) is 11.5 Å². The van der Waals surface area contributed by atoms with Crippen molar-refractivity contribution >= 4 is 5.97 Å². The summed E-state index contributed by atoms with van der Waals surface area (Å²) < 4.78 is 15.3. The standard InChI is InChI=1S/C11H14O5/c1-6-7(11(12)13)5-8(14-2)10(16-4)9(6)15-3/h5H,1-4H3,(H,12,13). The molecule has 1 rings (SSSR count). The molecule has 0 unspecified atom stereocenters. The number of carboxylic acids is 1. The van der Waals surface area contributed by atoms with Crippen molar-refractivity contribution in [2.24, 2.45) is 0 Å². The van der Waals surface area contributed by atoms with Gasteiger partial charge in [0.05, 0.1) is 26.9 Å². The second-order valence-electron chi connectivity index (χ2n) is 3.12. The lowest BCUT2D eigenvalue weighted by Gasteiger charge is -2.15. The SMILES string of the molecule is COc1cc(C(=O)O)c(C)c(OC)c1OC. The molecule has 0 amide bonds. The molecule has 0 spiro atoms. The second-order valence-corrected chi connectivity index (χ2v) is 3.12. The van der Waals surface area contributed by atoms with Crippen LogP contribution in [0.3, 0.4) is 0 Å². The zero-order valence-electron chi connectivity index (χ0n) is 9.66. The average molecular weight is 226 g/mol. The Morgan fingerprint density at radius 1 is 1.12 bits per heavy atom. The van der Waals surface area contributed by atoms with E-state index in [0.717, 1.165) is 0 Å². The summed E-state index contributed by atoms with van der Waals surface area (Å²) in [4.78, 5) is 11.0. The Bertz CT molecular complexity index is 411. The molecule has 16 heavy (non-hydrogen) atoms. The number of ether oxygens (including phenoxy) is 3. The van der Waals surface area contributed by atoms with Gasteiger partial charge in [-0.15, -0.1) is 0 Å².